The van der Waals surface area contributed by atoms with Gasteiger partial charge in [-0.15, -0.1) is 0 Å². The van der Waals surface area contributed by atoms with E-state index in [9.17, 15) is 4.79 Å². The summed E-state index contributed by atoms with van der Waals surface area (Å²) in [7, 11) is 0. The summed E-state index contributed by atoms with van der Waals surface area (Å²) < 4.78 is 0. The molecule has 0 bridgehead atoms. The summed E-state index contributed by atoms with van der Waals surface area (Å²) in [6.07, 6.45) is 2.29. The van der Waals surface area contributed by atoms with Gasteiger partial charge in [0, 0.05) is 11.7 Å². The first-order valence-corrected chi connectivity index (χ1v) is 6.75. The van der Waals surface area contributed by atoms with Crippen molar-refractivity contribution < 1.29 is 4.79 Å². The molecule has 0 aromatic heterocycles. The lowest BCUT2D eigenvalue weighted by Crippen LogP contribution is -2.38. The summed E-state index contributed by atoms with van der Waals surface area (Å²) in [5, 5.41) is 6.16. The number of anilines is 1. The summed E-state index contributed by atoms with van der Waals surface area (Å²) in [5.41, 5.74) is 0.847. The van der Waals surface area contributed by atoms with Crippen LogP contribution in [0.4, 0.5) is 5.69 Å². The second-order valence-corrected chi connectivity index (χ2v) is 4.66. The van der Waals surface area contributed by atoms with Gasteiger partial charge in [0.05, 0.1) is 6.54 Å². The third kappa shape index (κ3) is 4.88. The van der Waals surface area contributed by atoms with Gasteiger partial charge in [-0.25, -0.2) is 0 Å². The van der Waals surface area contributed by atoms with E-state index in [2.05, 4.69) is 31.4 Å². The van der Waals surface area contributed by atoms with Crippen molar-refractivity contribution in [2.24, 2.45) is 5.92 Å². The first-order valence-electron chi connectivity index (χ1n) is 6.75. The van der Waals surface area contributed by atoms with Crippen LogP contribution in [-0.4, -0.2) is 18.5 Å². The van der Waals surface area contributed by atoms with Gasteiger partial charge < -0.3 is 10.6 Å². The molecule has 2 N–H and O–H groups in total. The van der Waals surface area contributed by atoms with Crippen molar-refractivity contribution in [2.45, 2.75) is 39.7 Å². The summed E-state index contributed by atoms with van der Waals surface area (Å²) in [5.74, 6) is 0.647. The molecule has 0 radical (unpaired) electrons. The van der Waals surface area contributed by atoms with Gasteiger partial charge in [-0.2, -0.15) is 0 Å². The Morgan fingerprint density at radius 1 is 1.17 bits per heavy atom. The Hall–Kier alpha value is -1.35. The fourth-order valence-corrected chi connectivity index (χ4v) is 2.14. The molecule has 0 aliphatic carbocycles. The second-order valence-electron chi connectivity index (χ2n) is 4.66. The molecule has 3 nitrogen and oxygen atoms in total. The van der Waals surface area contributed by atoms with E-state index in [0.717, 1.165) is 18.5 Å². The lowest BCUT2D eigenvalue weighted by atomic mass is 9.95. The molecular formula is C15H24N2O. The average Bonchev–Trinajstić information content (AvgIpc) is 2.39. The zero-order valence-corrected chi connectivity index (χ0v) is 11.6. The van der Waals surface area contributed by atoms with Gasteiger partial charge in [-0.05, 0) is 25.0 Å². The van der Waals surface area contributed by atoms with Gasteiger partial charge in [0.15, 0.2) is 0 Å². The predicted octanol–water partition coefficient (Wildman–Crippen LogP) is 3.04. The van der Waals surface area contributed by atoms with E-state index in [0.29, 0.717) is 18.5 Å². The van der Waals surface area contributed by atoms with Crippen molar-refractivity contribution in [3.8, 4) is 0 Å². The van der Waals surface area contributed by atoms with Crippen molar-refractivity contribution in [3.05, 3.63) is 30.3 Å². The molecule has 100 valence electrons. The standard InChI is InChI=1S/C15H24N2O/c1-4-13(5-2)12(3)16-11-15(18)17-14-9-7-6-8-10-14/h6-10,12-13,16H,4-5,11H2,1-3H3,(H,17,18). The van der Waals surface area contributed by atoms with Crippen LogP contribution < -0.4 is 10.6 Å². The van der Waals surface area contributed by atoms with Crippen LogP contribution in [0.1, 0.15) is 33.6 Å². The molecule has 3 heteroatoms. The Balaban J connectivity index is 2.33. The van der Waals surface area contributed by atoms with Crippen molar-refractivity contribution in [1.29, 1.82) is 0 Å². The van der Waals surface area contributed by atoms with Crippen LogP contribution in [0.3, 0.4) is 0 Å². The Kier molecular flexibility index (Phi) is 6.44. The zero-order valence-electron chi connectivity index (χ0n) is 11.6. The minimum atomic E-state index is 0.0130. The summed E-state index contributed by atoms with van der Waals surface area (Å²) >= 11 is 0. The third-order valence-corrected chi connectivity index (χ3v) is 3.40. The molecule has 1 atom stereocenters. The fourth-order valence-electron chi connectivity index (χ4n) is 2.14. The van der Waals surface area contributed by atoms with Crippen LogP contribution in [0, 0.1) is 5.92 Å². The Morgan fingerprint density at radius 3 is 2.33 bits per heavy atom. The minimum absolute atomic E-state index is 0.0130. The van der Waals surface area contributed by atoms with Gasteiger partial charge in [0.25, 0.3) is 0 Å². The molecule has 1 unspecified atom stereocenters. The highest BCUT2D eigenvalue weighted by Crippen LogP contribution is 2.12. The first kappa shape index (κ1) is 14.7. The van der Waals surface area contributed by atoms with Crippen LogP contribution in [0.5, 0.6) is 0 Å². The Morgan fingerprint density at radius 2 is 1.78 bits per heavy atom. The van der Waals surface area contributed by atoms with E-state index in [1.165, 1.54) is 0 Å². The molecule has 0 aliphatic rings. The molecule has 1 amide bonds. The van der Waals surface area contributed by atoms with E-state index in [4.69, 9.17) is 0 Å². The largest absolute Gasteiger partial charge is 0.325 e. The molecule has 0 heterocycles. The zero-order chi connectivity index (χ0) is 13.4. The van der Waals surface area contributed by atoms with Crippen LogP contribution in [-0.2, 0) is 4.79 Å². The van der Waals surface area contributed by atoms with E-state index < -0.39 is 0 Å². The molecule has 0 saturated carbocycles. The van der Waals surface area contributed by atoms with Gasteiger partial charge >= 0.3 is 0 Å². The number of carbonyl (C=O) groups excluding carboxylic acids is 1. The number of carbonyl (C=O) groups is 1. The number of hydrogen-bond donors (Lipinski definition) is 2. The number of benzene rings is 1. The maximum absolute atomic E-state index is 11.7. The minimum Gasteiger partial charge on any atom is -0.325 e. The van der Waals surface area contributed by atoms with Gasteiger partial charge in [0.1, 0.15) is 0 Å². The topological polar surface area (TPSA) is 41.1 Å². The molecule has 1 aromatic carbocycles. The number of nitrogens with one attached hydrogen (secondary N) is 2. The SMILES string of the molecule is CCC(CC)C(C)NCC(=O)Nc1ccccc1. The molecule has 18 heavy (non-hydrogen) atoms. The number of para-hydroxylation sites is 1. The molecule has 1 rings (SSSR count). The quantitative estimate of drug-likeness (QED) is 0.778. The van der Waals surface area contributed by atoms with Crippen molar-refractivity contribution in [1.82, 2.24) is 5.32 Å². The maximum atomic E-state index is 11.7. The fraction of sp³-hybridized carbons (Fsp3) is 0.533. The van der Waals surface area contributed by atoms with E-state index in [-0.39, 0.29) is 5.91 Å². The number of amides is 1. The second kappa shape index (κ2) is 7.88. The van der Waals surface area contributed by atoms with E-state index in [1.54, 1.807) is 0 Å². The average molecular weight is 248 g/mol. The summed E-state index contributed by atoms with van der Waals surface area (Å²) in [6.45, 7) is 6.90. The Labute approximate surface area is 110 Å². The molecule has 1 aromatic rings. The number of hydrogen-bond acceptors (Lipinski definition) is 2. The molecule has 0 saturated heterocycles. The van der Waals surface area contributed by atoms with Crippen molar-refractivity contribution >= 4 is 11.6 Å². The molecular weight excluding hydrogens is 224 g/mol. The smallest absolute Gasteiger partial charge is 0.238 e. The van der Waals surface area contributed by atoms with Crippen LogP contribution in [0.15, 0.2) is 30.3 Å². The summed E-state index contributed by atoms with van der Waals surface area (Å²) in [4.78, 5) is 11.7. The van der Waals surface area contributed by atoms with Crippen LogP contribution in [0.2, 0.25) is 0 Å². The number of rotatable bonds is 7. The van der Waals surface area contributed by atoms with Crippen LogP contribution >= 0.6 is 0 Å². The summed E-state index contributed by atoms with van der Waals surface area (Å²) in [6, 6.07) is 9.92. The predicted molar refractivity (Wildman–Crippen MR) is 76.6 cm³/mol. The highest BCUT2D eigenvalue weighted by Gasteiger charge is 2.13. The third-order valence-electron chi connectivity index (χ3n) is 3.40. The molecule has 0 fully saturated rings. The van der Waals surface area contributed by atoms with Crippen LogP contribution in [0.25, 0.3) is 0 Å². The molecule has 0 aliphatic heterocycles. The maximum Gasteiger partial charge on any atom is 0.238 e. The van der Waals surface area contributed by atoms with Gasteiger partial charge in [-0.3, -0.25) is 4.79 Å². The monoisotopic (exact) mass is 248 g/mol. The lowest BCUT2D eigenvalue weighted by molar-refractivity contribution is -0.115. The Bertz CT molecular complexity index is 347. The van der Waals surface area contributed by atoms with E-state index >= 15 is 0 Å². The van der Waals surface area contributed by atoms with Gasteiger partial charge in [0.2, 0.25) is 5.91 Å². The highest BCUT2D eigenvalue weighted by atomic mass is 16.1. The van der Waals surface area contributed by atoms with E-state index in [1.807, 2.05) is 30.3 Å². The van der Waals surface area contributed by atoms with Crippen molar-refractivity contribution in [2.75, 3.05) is 11.9 Å². The first-order chi connectivity index (χ1) is 8.67. The normalized spacial score (nSPS) is 12.4. The van der Waals surface area contributed by atoms with Gasteiger partial charge in [-0.1, -0.05) is 44.9 Å². The highest BCUT2D eigenvalue weighted by molar-refractivity contribution is 5.92. The lowest BCUT2D eigenvalue weighted by Gasteiger charge is -2.22. The van der Waals surface area contributed by atoms with Crippen molar-refractivity contribution in [3.63, 3.8) is 0 Å². The molecule has 0 spiro atoms.